The lowest BCUT2D eigenvalue weighted by molar-refractivity contribution is -0.128. The van der Waals surface area contributed by atoms with Gasteiger partial charge in [0.1, 0.15) is 0 Å². The first-order valence-corrected chi connectivity index (χ1v) is 6.04. The van der Waals surface area contributed by atoms with Crippen LogP contribution in [0.5, 0.6) is 0 Å². The molecule has 1 aromatic heterocycles. The van der Waals surface area contributed by atoms with E-state index in [-0.39, 0.29) is 5.91 Å². The number of hydrogen-bond acceptors (Lipinski definition) is 2. The van der Waals surface area contributed by atoms with Crippen LogP contribution >= 0.6 is 27.3 Å². The van der Waals surface area contributed by atoms with Crippen molar-refractivity contribution in [2.24, 2.45) is 0 Å². The Morgan fingerprint density at radius 1 is 1.69 bits per heavy atom. The number of thiophene rings is 1. The molecule has 1 aliphatic rings. The SMILES string of the molecule is O=C1CC(Br)CN1Cc1ccsc1. The Kier molecular flexibility index (Phi) is 2.69. The van der Waals surface area contributed by atoms with Gasteiger partial charge in [0.15, 0.2) is 0 Å². The van der Waals surface area contributed by atoms with Crippen LogP contribution in [0.2, 0.25) is 0 Å². The number of halogens is 1. The van der Waals surface area contributed by atoms with Crippen molar-refractivity contribution in [3.05, 3.63) is 22.4 Å². The number of likely N-dealkylation sites (tertiary alicyclic amines) is 1. The zero-order valence-corrected chi connectivity index (χ0v) is 9.47. The van der Waals surface area contributed by atoms with Crippen molar-refractivity contribution in [2.75, 3.05) is 6.54 Å². The van der Waals surface area contributed by atoms with E-state index in [0.717, 1.165) is 13.1 Å². The standard InChI is InChI=1S/C9H10BrNOS/c10-8-3-9(12)11(5-8)4-7-1-2-13-6-7/h1-2,6,8H,3-5H2. The minimum absolute atomic E-state index is 0.257. The lowest BCUT2D eigenvalue weighted by Gasteiger charge is -2.14. The molecule has 1 saturated heterocycles. The van der Waals surface area contributed by atoms with Gasteiger partial charge in [-0.1, -0.05) is 15.9 Å². The third-order valence-electron chi connectivity index (χ3n) is 2.12. The number of rotatable bonds is 2. The summed E-state index contributed by atoms with van der Waals surface area (Å²) in [5.74, 6) is 0.257. The molecule has 1 fully saturated rings. The van der Waals surface area contributed by atoms with Crippen molar-refractivity contribution >= 4 is 33.2 Å². The van der Waals surface area contributed by atoms with E-state index in [2.05, 4.69) is 27.4 Å². The quantitative estimate of drug-likeness (QED) is 0.747. The van der Waals surface area contributed by atoms with E-state index < -0.39 is 0 Å². The van der Waals surface area contributed by atoms with Gasteiger partial charge in [0.25, 0.3) is 0 Å². The second-order valence-corrected chi connectivity index (χ2v) is 5.28. The summed E-state index contributed by atoms with van der Waals surface area (Å²) in [7, 11) is 0. The molecule has 2 heterocycles. The van der Waals surface area contributed by atoms with E-state index >= 15 is 0 Å². The summed E-state index contributed by atoms with van der Waals surface area (Å²) in [5, 5.41) is 4.14. The Bertz CT molecular complexity index is 299. The zero-order valence-electron chi connectivity index (χ0n) is 7.07. The van der Waals surface area contributed by atoms with Gasteiger partial charge in [-0.15, -0.1) is 0 Å². The summed E-state index contributed by atoms with van der Waals surface area (Å²) >= 11 is 5.14. The number of carbonyl (C=O) groups excluding carboxylic acids is 1. The maximum Gasteiger partial charge on any atom is 0.224 e. The lowest BCUT2D eigenvalue weighted by Crippen LogP contribution is -2.24. The molecule has 1 atom stereocenters. The molecule has 70 valence electrons. The molecule has 2 nitrogen and oxygen atoms in total. The number of hydrogen-bond donors (Lipinski definition) is 0. The van der Waals surface area contributed by atoms with Crippen LogP contribution in [0.3, 0.4) is 0 Å². The fourth-order valence-electron chi connectivity index (χ4n) is 1.48. The van der Waals surface area contributed by atoms with E-state index in [4.69, 9.17) is 0 Å². The van der Waals surface area contributed by atoms with Gasteiger partial charge in [-0.05, 0) is 22.4 Å². The Balaban J connectivity index is 1.99. The summed E-state index contributed by atoms with van der Waals surface area (Å²) < 4.78 is 0. The second kappa shape index (κ2) is 3.80. The Morgan fingerprint density at radius 2 is 2.54 bits per heavy atom. The average Bonchev–Trinajstić information content (AvgIpc) is 2.63. The van der Waals surface area contributed by atoms with E-state index in [9.17, 15) is 4.79 Å². The van der Waals surface area contributed by atoms with Crippen LogP contribution in [0.1, 0.15) is 12.0 Å². The number of carbonyl (C=O) groups is 1. The summed E-state index contributed by atoms with van der Waals surface area (Å²) in [6, 6.07) is 2.07. The first kappa shape index (κ1) is 9.21. The topological polar surface area (TPSA) is 20.3 Å². The van der Waals surface area contributed by atoms with Crippen LogP contribution in [-0.2, 0) is 11.3 Å². The van der Waals surface area contributed by atoms with Crippen molar-refractivity contribution in [1.82, 2.24) is 4.90 Å². The number of amides is 1. The average molecular weight is 260 g/mol. The first-order chi connectivity index (χ1) is 6.25. The lowest BCUT2D eigenvalue weighted by atomic mass is 10.3. The highest BCUT2D eigenvalue weighted by Gasteiger charge is 2.27. The van der Waals surface area contributed by atoms with Crippen molar-refractivity contribution in [3.8, 4) is 0 Å². The highest BCUT2D eigenvalue weighted by Crippen LogP contribution is 2.20. The van der Waals surface area contributed by atoms with Gasteiger partial charge >= 0.3 is 0 Å². The van der Waals surface area contributed by atoms with Gasteiger partial charge in [0.2, 0.25) is 5.91 Å². The third-order valence-corrected chi connectivity index (χ3v) is 3.47. The molecule has 0 N–H and O–H groups in total. The number of alkyl halides is 1. The molecule has 0 saturated carbocycles. The molecule has 1 aliphatic heterocycles. The van der Waals surface area contributed by atoms with Crippen molar-refractivity contribution in [2.45, 2.75) is 17.8 Å². The third kappa shape index (κ3) is 2.11. The molecule has 0 spiro atoms. The molecular weight excluding hydrogens is 250 g/mol. The monoisotopic (exact) mass is 259 g/mol. The molecule has 0 aliphatic carbocycles. The van der Waals surface area contributed by atoms with Crippen molar-refractivity contribution in [1.29, 1.82) is 0 Å². The molecule has 2 rings (SSSR count). The van der Waals surface area contributed by atoms with Crippen LogP contribution in [0.15, 0.2) is 16.8 Å². The molecule has 0 bridgehead atoms. The van der Waals surface area contributed by atoms with E-state index in [1.807, 2.05) is 10.3 Å². The predicted octanol–water partition coefficient (Wildman–Crippen LogP) is 2.24. The minimum Gasteiger partial charge on any atom is -0.337 e. The molecule has 0 radical (unpaired) electrons. The van der Waals surface area contributed by atoms with Crippen LogP contribution < -0.4 is 0 Å². The Labute approximate surface area is 89.7 Å². The maximum absolute atomic E-state index is 11.4. The largest absolute Gasteiger partial charge is 0.337 e. The van der Waals surface area contributed by atoms with E-state index in [1.54, 1.807) is 11.3 Å². The summed E-state index contributed by atoms with van der Waals surface area (Å²) in [4.78, 5) is 13.7. The molecule has 1 aromatic rings. The van der Waals surface area contributed by atoms with Crippen LogP contribution in [-0.4, -0.2) is 22.2 Å². The van der Waals surface area contributed by atoms with Gasteiger partial charge in [-0.2, -0.15) is 11.3 Å². The van der Waals surface area contributed by atoms with Gasteiger partial charge in [-0.3, -0.25) is 4.79 Å². The smallest absolute Gasteiger partial charge is 0.224 e. The Morgan fingerprint density at radius 3 is 3.08 bits per heavy atom. The molecule has 1 unspecified atom stereocenters. The van der Waals surface area contributed by atoms with Crippen LogP contribution in [0.25, 0.3) is 0 Å². The number of nitrogens with zero attached hydrogens (tertiary/aromatic N) is 1. The fraction of sp³-hybridized carbons (Fsp3) is 0.444. The first-order valence-electron chi connectivity index (χ1n) is 4.18. The fourth-order valence-corrected chi connectivity index (χ4v) is 2.77. The van der Waals surface area contributed by atoms with Gasteiger partial charge in [0.05, 0.1) is 0 Å². The summed E-state index contributed by atoms with van der Waals surface area (Å²) in [6.07, 6.45) is 0.643. The van der Waals surface area contributed by atoms with Gasteiger partial charge in [0, 0.05) is 24.3 Å². The predicted molar refractivity (Wildman–Crippen MR) is 57.1 cm³/mol. The Hall–Kier alpha value is -0.350. The second-order valence-electron chi connectivity index (χ2n) is 3.21. The van der Waals surface area contributed by atoms with Crippen molar-refractivity contribution in [3.63, 3.8) is 0 Å². The van der Waals surface area contributed by atoms with Crippen molar-refractivity contribution < 1.29 is 4.79 Å². The highest BCUT2D eigenvalue weighted by atomic mass is 79.9. The zero-order chi connectivity index (χ0) is 9.26. The van der Waals surface area contributed by atoms with Gasteiger partial charge < -0.3 is 4.90 Å². The molecule has 1 amide bonds. The summed E-state index contributed by atoms with van der Waals surface area (Å²) in [5.41, 5.74) is 1.24. The highest BCUT2D eigenvalue weighted by molar-refractivity contribution is 9.09. The van der Waals surface area contributed by atoms with E-state index in [1.165, 1.54) is 5.56 Å². The normalized spacial score (nSPS) is 22.7. The van der Waals surface area contributed by atoms with E-state index in [0.29, 0.717) is 11.2 Å². The van der Waals surface area contributed by atoms with Gasteiger partial charge in [-0.25, -0.2) is 0 Å². The van der Waals surface area contributed by atoms with Crippen LogP contribution in [0.4, 0.5) is 0 Å². The van der Waals surface area contributed by atoms with Crippen LogP contribution in [0, 0.1) is 0 Å². The molecule has 4 heteroatoms. The molecular formula is C9H10BrNOS. The minimum atomic E-state index is 0.257. The maximum atomic E-state index is 11.4. The molecule has 13 heavy (non-hydrogen) atoms. The summed E-state index contributed by atoms with van der Waals surface area (Å²) in [6.45, 7) is 1.61. The molecule has 0 aromatic carbocycles.